The van der Waals surface area contributed by atoms with Gasteiger partial charge in [0.25, 0.3) is 0 Å². The molecule has 0 radical (unpaired) electrons. The molecule has 1 atom stereocenters. The molecule has 1 aromatic heterocycles. The predicted molar refractivity (Wildman–Crippen MR) is 118 cm³/mol. The largest absolute Gasteiger partial charge is 0.460 e. The van der Waals surface area contributed by atoms with Crippen LogP contribution in [0.3, 0.4) is 0 Å². The molecule has 0 saturated carbocycles. The third-order valence-corrected chi connectivity index (χ3v) is 5.20. The number of rotatable bonds is 3. The third-order valence-electron chi connectivity index (χ3n) is 4.95. The van der Waals surface area contributed by atoms with Gasteiger partial charge in [-0.3, -0.25) is 9.36 Å². The first kappa shape index (κ1) is 20.4. The SMILES string of the molecule is Cc1nnc2n1-c1ccccc1C(c1ccc(Cl)cc1)=C[C@H]2CC(=O)OC(C)(C)C. The Morgan fingerprint density at radius 3 is 2.50 bits per heavy atom. The summed E-state index contributed by atoms with van der Waals surface area (Å²) < 4.78 is 7.63. The summed E-state index contributed by atoms with van der Waals surface area (Å²) in [6, 6.07) is 15.9. The number of nitrogens with zero attached hydrogens (tertiary/aromatic N) is 3. The van der Waals surface area contributed by atoms with E-state index < -0.39 is 5.60 Å². The van der Waals surface area contributed by atoms with Crippen LogP contribution in [-0.4, -0.2) is 26.3 Å². The van der Waals surface area contributed by atoms with Crippen LogP contribution < -0.4 is 0 Å². The molecule has 1 aliphatic heterocycles. The first-order chi connectivity index (χ1) is 14.2. The first-order valence-corrected chi connectivity index (χ1v) is 10.3. The molecule has 0 spiro atoms. The first-order valence-electron chi connectivity index (χ1n) is 9.94. The molecule has 3 aromatic rings. The molecule has 0 bridgehead atoms. The summed E-state index contributed by atoms with van der Waals surface area (Å²) in [7, 11) is 0. The summed E-state index contributed by atoms with van der Waals surface area (Å²) in [5.74, 6) is 0.962. The molecule has 30 heavy (non-hydrogen) atoms. The van der Waals surface area contributed by atoms with E-state index in [1.165, 1.54) is 0 Å². The van der Waals surface area contributed by atoms with E-state index in [1.54, 1.807) is 0 Å². The van der Waals surface area contributed by atoms with Crippen molar-refractivity contribution in [1.82, 2.24) is 14.8 Å². The number of para-hydroxylation sites is 1. The zero-order valence-electron chi connectivity index (χ0n) is 17.5. The molecule has 5 nitrogen and oxygen atoms in total. The molecule has 6 heteroatoms. The van der Waals surface area contributed by atoms with Crippen LogP contribution in [0.4, 0.5) is 0 Å². The number of benzene rings is 2. The molecule has 2 heterocycles. The van der Waals surface area contributed by atoms with E-state index in [1.807, 2.05) is 68.7 Å². The van der Waals surface area contributed by atoms with Crippen molar-refractivity contribution in [3.8, 4) is 5.69 Å². The van der Waals surface area contributed by atoms with Gasteiger partial charge in [0.05, 0.1) is 12.1 Å². The van der Waals surface area contributed by atoms with Crippen LogP contribution in [0.5, 0.6) is 0 Å². The Hall–Kier alpha value is -2.92. The second-order valence-corrected chi connectivity index (χ2v) is 8.88. The van der Waals surface area contributed by atoms with Crippen LogP contribution in [0.2, 0.25) is 5.02 Å². The van der Waals surface area contributed by atoms with Gasteiger partial charge in [-0.15, -0.1) is 10.2 Å². The summed E-state index contributed by atoms with van der Waals surface area (Å²) in [5, 5.41) is 9.40. The Bertz CT molecular complexity index is 1120. The van der Waals surface area contributed by atoms with Gasteiger partial charge < -0.3 is 4.74 Å². The lowest BCUT2D eigenvalue weighted by atomic mass is 9.93. The third kappa shape index (κ3) is 4.03. The Kier molecular flexibility index (Phi) is 5.24. The number of carbonyl (C=O) groups excluding carboxylic acids is 1. The smallest absolute Gasteiger partial charge is 0.307 e. The monoisotopic (exact) mass is 421 g/mol. The summed E-state index contributed by atoms with van der Waals surface area (Å²) >= 11 is 6.12. The minimum atomic E-state index is -0.545. The summed E-state index contributed by atoms with van der Waals surface area (Å²) in [4.78, 5) is 12.7. The van der Waals surface area contributed by atoms with E-state index in [4.69, 9.17) is 16.3 Å². The maximum absolute atomic E-state index is 12.7. The predicted octanol–water partition coefficient (Wildman–Crippen LogP) is 5.49. The molecule has 2 aromatic carbocycles. The van der Waals surface area contributed by atoms with Gasteiger partial charge >= 0.3 is 5.97 Å². The molecule has 0 unspecified atom stereocenters. The molecule has 154 valence electrons. The van der Waals surface area contributed by atoms with Crippen LogP contribution in [0, 0.1) is 6.92 Å². The van der Waals surface area contributed by atoms with Gasteiger partial charge in [-0.1, -0.05) is 48.0 Å². The maximum atomic E-state index is 12.7. The Morgan fingerprint density at radius 1 is 1.10 bits per heavy atom. The highest BCUT2D eigenvalue weighted by Crippen LogP contribution is 2.38. The highest BCUT2D eigenvalue weighted by Gasteiger charge is 2.29. The average molecular weight is 422 g/mol. The maximum Gasteiger partial charge on any atom is 0.307 e. The van der Waals surface area contributed by atoms with Gasteiger partial charge in [-0.05, 0) is 57.0 Å². The molecule has 4 rings (SSSR count). The summed E-state index contributed by atoms with van der Waals surface area (Å²) in [5.41, 5.74) is 3.55. The number of allylic oxidation sites excluding steroid dienone is 1. The normalized spacial score (nSPS) is 15.6. The number of aryl methyl sites for hydroxylation is 1. The summed E-state index contributed by atoms with van der Waals surface area (Å²) in [6.07, 6.45) is 2.28. The molecule has 1 aliphatic rings. The van der Waals surface area contributed by atoms with Crippen molar-refractivity contribution in [3.05, 3.63) is 82.4 Å². The fourth-order valence-corrected chi connectivity index (χ4v) is 3.90. The second-order valence-electron chi connectivity index (χ2n) is 8.44. The van der Waals surface area contributed by atoms with E-state index in [0.717, 1.165) is 34.0 Å². The van der Waals surface area contributed by atoms with Gasteiger partial charge in [0.2, 0.25) is 0 Å². The van der Waals surface area contributed by atoms with Crippen molar-refractivity contribution in [2.24, 2.45) is 0 Å². The Labute approximate surface area is 181 Å². The molecular weight excluding hydrogens is 398 g/mol. The minimum Gasteiger partial charge on any atom is -0.460 e. The lowest BCUT2D eigenvalue weighted by Gasteiger charge is -2.21. The second kappa shape index (κ2) is 7.73. The number of halogens is 1. The molecule has 0 fully saturated rings. The average Bonchev–Trinajstić information content (AvgIpc) is 2.99. The van der Waals surface area contributed by atoms with Gasteiger partial charge in [-0.2, -0.15) is 0 Å². The Balaban J connectivity index is 1.87. The molecule has 0 N–H and O–H groups in total. The van der Waals surface area contributed by atoms with E-state index in [0.29, 0.717) is 5.02 Å². The van der Waals surface area contributed by atoms with Gasteiger partial charge in [0.15, 0.2) is 0 Å². The lowest BCUT2D eigenvalue weighted by molar-refractivity contribution is -0.155. The van der Waals surface area contributed by atoms with Crippen molar-refractivity contribution in [3.63, 3.8) is 0 Å². The quantitative estimate of drug-likeness (QED) is 0.524. The topological polar surface area (TPSA) is 57.0 Å². The van der Waals surface area contributed by atoms with E-state index >= 15 is 0 Å². The number of aromatic nitrogens is 3. The number of fused-ring (bicyclic) bond motifs is 3. The molecule has 0 amide bonds. The van der Waals surface area contributed by atoms with Crippen molar-refractivity contribution < 1.29 is 9.53 Å². The van der Waals surface area contributed by atoms with E-state index in [9.17, 15) is 4.79 Å². The number of ether oxygens (including phenoxy) is 1. The van der Waals surface area contributed by atoms with Crippen LogP contribution in [-0.2, 0) is 9.53 Å². The van der Waals surface area contributed by atoms with Gasteiger partial charge in [0.1, 0.15) is 17.2 Å². The number of esters is 1. The number of hydrogen-bond donors (Lipinski definition) is 0. The van der Waals surface area contributed by atoms with Crippen molar-refractivity contribution in [2.45, 2.75) is 45.6 Å². The highest BCUT2D eigenvalue weighted by molar-refractivity contribution is 6.30. The fraction of sp³-hybridized carbons (Fsp3) is 0.292. The van der Waals surface area contributed by atoms with Crippen LogP contribution in [0.15, 0.2) is 54.6 Å². The molecule has 0 aliphatic carbocycles. The fourth-order valence-electron chi connectivity index (χ4n) is 3.77. The zero-order chi connectivity index (χ0) is 21.5. The Morgan fingerprint density at radius 2 is 1.80 bits per heavy atom. The summed E-state index contributed by atoms with van der Waals surface area (Å²) in [6.45, 7) is 7.53. The number of hydrogen-bond acceptors (Lipinski definition) is 4. The lowest BCUT2D eigenvalue weighted by Crippen LogP contribution is -2.25. The zero-order valence-corrected chi connectivity index (χ0v) is 18.3. The van der Waals surface area contributed by atoms with Crippen molar-refractivity contribution >= 4 is 23.1 Å². The standard InChI is InChI=1S/C24H24ClN3O2/c1-15-26-27-23-17(14-22(29)30-24(2,3)4)13-20(16-9-11-18(25)12-10-16)19-7-5-6-8-21(19)28(15)23/h5-13,17H,14H2,1-4H3/t17-/m0/s1. The van der Waals surface area contributed by atoms with Crippen LogP contribution in [0.1, 0.15) is 55.9 Å². The van der Waals surface area contributed by atoms with Crippen molar-refractivity contribution in [2.75, 3.05) is 0 Å². The highest BCUT2D eigenvalue weighted by atomic mass is 35.5. The van der Waals surface area contributed by atoms with Crippen molar-refractivity contribution in [1.29, 1.82) is 0 Å². The van der Waals surface area contributed by atoms with Gasteiger partial charge in [0, 0.05) is 16.5 Å². The van der Waals surface area contributed by atoms with Crippen LogP contribution in [0.25, 0.3) is 11.3 Å². The van der Waals surface area contributed by atoms with E-state index in [-0.39, 0.29) is 18.3 Å². The van der Waals surface area contributed by atoms with Gasteiger partial charge in [-0.25, -0.2) is 0 Å². The minimum absolute atomic E-state index is 0.181. The molecular formula is C24H24ClN3O2. The molecule has 0 saturated heterocycles. The van der Waals surface area contributed by atoms with Crippen LogP contribution >= 0.6 is 11.6 Å². The van der Waals surface area contributed by atoms with E-state index in [2.05, 4.69) is 28.4 Å². The number of carbonyl (C=O) groups is 1.